The lowest BCUT2D eigenvalue weighted by Crippen LogP contribution is -2.00. The minimum atomic E-state index is 0.180. The highest BCUT2D eigenvalue weighted by Gasteiger charge is 2.18. The maximum atomic E-state index is 9.63. The quantitative estimate of drug-likeness (QED) is 0.702. The molecule has 0 aliphatic heterocycles. The van der Waals surface area contributed by atoms with Crippen LogP contribution in [0, 0.1) is 22.7 Å². The third-order valence-corrected chi connectivity index (χ3v) is 4.39. The van der Waals surface area contributed by atoms with Gasteiger partial charge in [-0.15, -0.1) is 0 Å². The number of benzene rings is 3. The lowest BCUT2D eigenvalue weighted by molar-refractivity contribution is 0.415. The summed E-state index contributed by atoms with van der Waals surface area (Å²) in [5.41, 5.74) is 9.92. The zero-order valence-electron chi connectivity index (χ0n) is 15.0. The Hall–Kier alpha value is -3.96. The summed E-state index contributed by atoms with van der Waals surface area (Å²) in [5, 5.41) is 19.3. The molecule has 2 N–H and O–H groups in total. The van der Waals surface area contributed by atoms with E-state index in [4.69, 9.17) is 15.2 Å². The molecule has 0 radical (unpaired) electrons. The molecular weight excluding hydrogens is 338 g/mol. The van der Waals surface area contributed by atoms with E-state index in [-0.39, 0.29) is 16.8 Å². The molecule has 0 spiro atoms. The summed E-state index contributed by atoms with van der Waals surface area (Å²) < 4.78 is 10.4. The first-order valence-corrected chi connectivity index (χ1v) is 8.18. The number of nitrogens with zero attached hydrogens (tertiary/aromatic N) is 2. The summed E-state index contributed by atoms with van der Waals surface area (Å²) in [6.07, 6.45) is 0. The fraction of sp³-hybridized carbons (Fsp3) is 0.0909. The van der Waals surface area contributed by atoms with E-state index >= 15 is 0 Å². The van der Waals surface area contributed by atoms with Crippen LogP contribution < -0.4 is 15.2 Å². The lowest BCUT2D eigenvalue weighted by Gasteiger charge is -2.14. The van der Waals surface area contributed by atoms with E-state index in [2.05, 4.69) is 12.1 Å². The van der Waals surface area contributed by atoms with Gasteiger partial charge in [-0.2, -0.15) is 10.5 Å². The van der Waals surface area contributed by atoms with Gasteiger partial charge in [0, 0.05) is 11.1 Å². The number of rotatable bonds is 4. The van der Waals surface area contributed by atoms with Gasteiger partial charge in [0.2, 0.25) is 0 Å². The highest BCUT2D eigenvalue weighted by molar-refractivity contribution is 5.89. The number of nitrogen functional groups attached to an aromatic ring is 1. The Morgan fingerprint density at radius 3 is 1.37 bits per heavy atom. The minimum Gasteiger partial charge on any atom is -0.497 e. The molecule has 27 heavy (non-hydrogen) atoms. The summed E-state index contributed by atoms with van der Waals surface area (Å²) in [7, 11) is 3.19. The molecule has 0 aliphatic rings. The second-order valence-electron chi connectivity index (χ2n) is 5.82. The van der Waals surface area contributed by atoms with E-state index in [9.17, 15) is 10.5 Å². The van der Waals surface area contributed by atoms with Crippen molar-refractivity contribution in [3.8, 4) is 45.9 Å². The number of hydrogen-bond acceptors (Lipinski definition) is 5. The van der Waals surface area contributed by atoms with Crippen molar-refractivity contribution in [3.63, 3.8) is 0 Å². The molecule has 3 rings (SSSR count). The molecular formula is C22H17N3O2. The summed E-state index contributed by atoms with van der Waals surface area (Å²) in [6.45, 7) is 0. The second-order valence-corrected chi connectivity index (χ2v) is 5.82. The number of nitrogens with two attached hydrogens (primary N) is 1. The molecule has 132 valence electrons. The molecule has 0 amide bonds. The average Bonchev–Trinajstić information content (AvgIpc) is 2.73. The highest BCUT2D eigenvalue weighted by atomic mass is 16.5. The molecule has 0 heterocycles. The Bertz CT molecular complexity index is 973. The van der Waals surface area contributed by atoms with Gasteiger partial charge in [0.1, 0.15) is 23.6 Å². The van der Waals surface area contributed by atoms with E-state index in [1.807, 2.05) is 54.6 Å². The molecule has 0 bridgehead atoms. The van der Waals surface area contributed by atoms with Crippen molar-refractivity contribution in [1.82, 2.24) is 0 Å². The van der Waals surface area contributed by atoms with Gasteiger partial charge in [0.05, 0.1) is 31.0 Å². The molecule has 0 aromatic heterocycles. The van der Waals surface area contributed by atoms with Crippen molar-refractivity contribution >= 4 is 5.69 Å². The van der Waals surface area contributed by atoms with Crippen LogP contribution in [0.25, 0.3) is 22.3 Å². The SMILES string of the molecule is COc1ccc(-c2cc(-c3ccc(OC)cc3)c(C#N)c(N)c2C#N)cc1. The van der Waals surface area contributed by atoms with Gasteiger partial charge in [-0.05, 0) is 41.5 Å². The van der Waals surface area contributed by atoms with Gasteiger partial charge in [0.15, 0.2) is 0 Å². The van der Waals surface area contributed by atoms with Gasteiger partial charge in [-0.25, -0.2) is 0 Å². The van der Waals surface area contributed by atoms with Crippen LogP contribution in [0.3, 0.4) is 0 Å². The van der Waals surface area contributed by atoms with Gasteiger partial charge in [-0.3, -0.25) is 0 Å². The Kier molecular flexibility index (Phi) is 4.97. The fourth-order valence-corrected chi connectivity index (χ4v) is 2.94. The van der Waals surface area contributed by atoms with Crippen LogP contribution >= 0.6 is 0 Å². The molecule has 3 aromatic rings. The summed E-state index contributed by atoms with van der Waals surface area (Å²) in [6, 6.07) is 20.8. The summed E-state index contributed by atoms with van der Waals surface area (Å²) >= 11 is 0. The molecule has 5 heteroatoms. The third-order valence-electron chi connectivity index (χ3n) is 4.39. The van der Waals surface area contributed by atoms with E-state index < -0.39 is 0 Å². The predicted octanol–water partition coefficient (Wildman–Crippen LogP) is 4.36. The van der Waals surface area contributed by atoms with Crippen LogP contribution in [-0.2, 0) is 0 Å². The Morgan fingerprint density at radius 1 is 0.704 bits per heavy atom. The largest absolute Gasteiger partial charge is 0.497 e. The minimum absolute atomic E-state index is 0.180. The van der Waals surface area contributed by atoms with Crippen molar-refractivity contribution in [2.45, 2.75) is 0 Å². The molecule has 0 aliphatic carbocycles. The van der Waals surface area contributed by atoms with Crippen LogP contribution in [0.4, 0.5) is 5.69 Å². The zero-order chi connectivity index (χ0) is 19.4. The highest BCUT2D eigenvalue weighted by Crippen LogP contribution is 2.38. The van der Waals surface area contributed by atoms with Gasteiger partial charge in [0.25, 0.3) is 0 Å². The van der Waals surface area contributed by atoms with Crippen LogP contribution in [-0.4, -0.2) is 14.2 Å². The first kappa shape index (κ1) is 17.8. The normalized spacial score (nSPS) is 9.93. The van der Waals surface area contributed by atoms with Crippen LogP contribution in [0.2, 0.25) is 0 Å². The van der Waals surface area contributed by atoms with Crippen LogP contribution in [0.1, 0.15) is 11.1 Å². The second kappa shape index (κ2) is 7.51. The predicted molar refractivity (Wildman–Crippen MR) is 104 cm³/mol. The molecule has 0 saturated carbocycles. The zero-order valence-corrected chi connectivity index (χ0v) is 15.0. The maximum Gasteiger partial charge on any atom is 0.118 e. The van der Waals surface area contributed by atoms with Crippen molar-refractivity contribution in [2.24, 2.45) is 0 Å². The number of anilines is 1. The van der Waals surface area contributed by atoms with E-state index in [1.165, 1.54) is 0 Å². The van der Waals surface area contributed by atoms with Crippen molar-refractivity contribution < 1.29 is 9.47 Å². The average molecular weight is 355 g/mol. The van der Waals surface area contributed by atoms with Crippen LogP contribution in [0.5, 0.6) is 11.5 Å². The number of hydrogen-bond donors (Lipinski definition) is 1. The fourth-order valence-electron chi connectivity index (χ4n) is 2.94. The van der Waals surface area contributed by atoms with Crippen LogP contribution in [0.15, 0.2) is 54.6 Å². The first-order valence-electron chi connectivity index (χ1n) is 8.18. The van der Waals surface area contributed by atoms with E-state index in [0.717, 1.165) is 11.1 Å². The Balaban J connectivity index is 2.25. The van der Waals surface area contributed by atoms with Gasteiger partial charge < -0.3 is 15.2 Å². The van der Waals surface area contributed by atoms with Gasteiger partial charge in [-0.1, -0.05) is 24.3 Å². The molecule has 5 nitrogen and oxygen atoms in total. The Labute approximate surface area is 157 Å². The smallest absolute Gasteiger partial charge is 0.118 e. The topological polar surface area (TPSA) is 92.1 Å². The molecule has 0 unspecified atom stereocenters. The number of nitriles is 2. The summed E-state index contributed by atoms with van der Waals surface area (Å²) in [4.78, 5) is 0. The molecule has 3 aromatic carbocycles. The van der Waals surface area contributed by atoms with Crippen molar-refractivity contribution in [2.75, 3.05) is 20.0 Å². The maximum absolute atomic E-state index is 9.63. The standard InChI is InChI=1S/C22H17N3O2/c1-26-16-7-3-14(4-8-16)18-11-19(15-5-9-17(27-2)10-6-15)21(13-24)22(25)20(18)12-23/h3-11H,25H2,1-2H3. The molecule has 0 atom stereocenters. The number of methoxy groups -OCH3 is 2. The van der Waals surface area contributed by atoms with Crippen molar-refractivity contribution in [1.29, 1.82) is 10.5 Å². The lowest BCUT2D eigenvalue weighted by atomic mass is 9.89. The molecule has 0 saturated heterocycles. The number of ether oxygens (including phenoxy) is 2. The third kappa shape index (κ3) is 3.27. The van der Waals surface area contributed by atoms with E-state index in [1.54, 1.807) is 14.2 Å². The molecule has 0 fully saturated rings. The van der Waals surface area contributed by atoms with Crippen molar-refractivity contribution in [3.05, 3.63) is 65.7 Å². The van der Waals surface area contributed by atoms with Gasteiger partial charge >= 0.3 is 0 Å². The Morgan fingerprint density at radius 2 is 1.07 bits per heavy atom. The van der Waals surface area contributed by atoms with E-state index in [0.29, 0.717) is 22.6 Å². The monoisotopic (exact) mass is 355 g/mol. The first-order chi connectivity index (χ1) is 13.1. The summed E-state index contributed by atoms with van der Waals surface area (Å²) in [5.74, 6) is 1.43.